The molecule has 0 atom stereocenters. The Morgan fingerprint density at radius 3 is 2.25 bits per heavy atom. The van der Waals surface area contributed by atoms with Gasteiger partial charge in [-0.3, -0.25) is 9.59 Å². The zero-order valence-corrected chi connectivity index (χ0v) is 9.82. The highest BCUT2D eigenvalue weighted by Gasteiger charge is 2.12. The quantitative estimate of drug-likeness (QED) is 0.853. The van der Waals surface area contributed by atoms with E-state index in [9.17, 15) is 14.0 Å². The fraction of sp³-hybridized carbons (Fsp3) is 0.200. The van der Waals surface area contributed by atoms with Gasteiger partial charge in [0.1, 0.15) is 11.6 Å². The summed E-state index contributed by atoms with van der Waals surface area (Å²) in [5.74, 6) is -1.42. The normalized spacial score (nSPS) is 10.0. The molecule has 0 aliphatic carbocycles. The van der Waals surface area contributed by atoms with E-state index in [1.807, 2.05) is 0 Å². The van der Waals surface area contributed by atoms with E-state index in [1.165, 1.54) is 6.92 Å². The number of amides is 1. The number of anilines is 1. The van der Waals surface area contributed by atoms with Crippen molar-refractivity contribution in [1.82, 2.24) is 0 Å². The smallest absolute Gasteiger partial charge is 0.231 e. The summed E-state index contributed by atoms with van der Waals surface area (Å²) in [5.41, 5.74) is 0.107. The molecule has 86 valence electrons. The summed E-state index contributed by atoms with van der Waals surface area (Å²) in [6, 6.07) is 2.05. The second kappa shape index (κ2) is 5.27. The monoisotopic (exact) mass is 263 g/mol. The average Bonchev–Trinajstić information content (AvgIpc) is 2.09. The van der Waals surface area contributed by atoms with Gasteiger partial charge in [-0.25, -0.2) is 4.39 Å². The Labute approximate surface area is 102 Å². The van der Waals surface area contributed by atoms with Gasteiger partial charge in [0.25, 0.3) is 0 Å². The minimum Gasteiger partial charge on any atom is -0.323 e. The number of halogens is 3. The van der Waals surface area contributed by atoms with Gasteiger partial charge in [0, 0.05) is 0 Å². The largest absolute Gasteiger partial charge is 0.323 e. The van der Waals surface area contributed by atoms with E-state index in [4.69, 9.17) is 23.2 Å². The molecule has 0 bridgehead atoms. The molecule has 0 aromatic heterocycles. The highest BCUT2D eigenvalue weighted by atomic mass is 35.5. The Kier molecular flexibility index (Phi) is 4.26. The number of benzene rings is 1. The predicted molar refractivity (Wildman–Crippen MR) is 60.3 cm³/mol. The lowest BCUT2D eigenvalue weighted by molar-refractivity contribution is -0.124. The molecule has 6 heteroatoms. The van der Waals surface area contributed by atoms with Crippen LogP contribution in [0.1, 0.15) is 13.3 Å². The van der Waals surface area contributed by atoms with Crippen molar-refractivity contribution in [3.8, 4) is 0 Å². The molecule has 0 unspecified atom stereocenters. The van der Waals surface area contributed by atoms with Gasteiger partial charge in [-0.15, -0.1) is 0 Å². The van der Waals surface area contributed by atoms with Gasteiger partial charge < -0.3 is 5.32 Å². The molecule has 0 heterocycles. The number of carbonyl (C=O) groups excluding carboxylic acids is 2. The molecule has 1 N–H and O–H groups in total. The van der Waals surface area contributed by atoms with Gasteiger partial charge in [0.05, 0.1) is 22.2 Å². The standard InChI is InChI=1S/C10H8Cl2FNO2/c1-5(15)2-9(16)14-10-7(11)3-6(13)4-8(10)12/h3-4H,2H2,1H3,(H,14,16). The van der Waals surface area contributed by atoms with Crippen LogP contribution in [0.15, 0.2) is 12.1 Å². The van der Waals surface area contributed by atoms with Gasteiger partial charge in [0.2, 0.25) is 5.91 Å². The van der Waals surface area contributed by atoms with E-state index < -0.39 is 11.7 Å². The lowest BCUT2D eigenvalue weighted by Gasteiger charge is -2.08. The number of hydrogen-bond acceptors (Lipinski definition) is 2. The summed E-state index contributed by atoms with van der Waals surface area (Å²) in [5, 5.41) is 2.32. The van der Waals surface area contributed by atoms with Gasteiger partial charge in [-0.05, 0) is 19.1 Å². The molecule has 0 saturated carbocycles. The first-order valence-electron chi connectivity index (χ1n) is 4.34. The number of Topliss-reactive ketones (excluding diaryl/α,β-unsaturated/α-hetero) is 1. The van der Waals surface area contributed by atoms with Crippen molar-refractivity contribution in [2.45, 2.75) is 13.3 Å². The maximum atomic E-state index is 12.8. The summed E-state index contributed by atoms with van der Waals surface area (Å²) in [7, 11) is 0. The third-order valence-corrected chi connectivity index (χ3v) is 2.28. The molecule has 1 amide bonds. The first-order valence-corrected chi connectivity index (χ1v) is 5.09. The van der Waals surface area contributed by atoms with Crippen molar-refractivity contribution < 1.29 is 14.0 Å². The lowest BCUT2D eigenvalue weighted by Crippen LogP contribution is -2.15. The summed E-state index contributed by atoms with van der Waals surface area (Å²) >= 11 is 11.4. The summed E-state index contributed by atoms with van der Waals surface area (Å²) in [4.78, 5) is 22.0. The molecular formula is C10H8Cl2FNO2. The van der Waals surface area contributed by atoms with Crippen LogP contribution in [0.25, 0.3) is 0 Å². The van der Waals surface area contributed by atoms with Crippen molar-refractivity contribution in [3.05, 3.63) is 28.0 Å². The van der Waals surface area contributed by atoms with Gasteiger partial charge in [0.15, 0.2) is 0 Å². The van der Waals surface area contributed by atoms with Gasteiger partial charge >= 0.3 is 0 Å². The zero-order chi connectivity index (χ0) is 12.3. The van der Waals surface area contributed by atoms with Gasteiger partial charge in [-0.1, -0.05) is 23.2 Å². The van der Waals surface area contributed by atoms with E-state index in [-0.39, 0.29) is 27.9 Å². The third kappa shape index (κ3) is 3.47. The Morgan fingerprint density at radius 1 is 1.31 bits per heavy atom. The van der Waals surface area contributed by atoms with E-state index >= 15 is 0 Å². The van der Waals surface area contributed by atoms with E-state index in [0.29, 0.717) is 0 Å². The Hall–Kier alpha value is -1.13. The molecule has 0 aliphatic rings. The van der Waals surface area contributed by atoms with E-state index in [2.05, 4.69) is 5.32 Å². The number of ketones is 1. The van der Waals surface area contributed by atoms with Crippen molar-refractivity contribution in [2.24, 2.45) is 0 Å². The van der Waals surface area contributed by atoms with Crippen LogP contribution < -0.4 is 5.32 Å². The van der Waals surface area contributed by atoms with Crippen LogP contribution >= 0.6 is 23.2 Å². The number of hydrogen-bond donors (Lipinski definition) is 1. The summed E-state index contributed by atoms with van der Waals surface area (Å²) in [6.07, 6.45) is -0.274. The molecule has 1 aromatic carbocycles. The molecule has 0 fully saturated rings. The Balaban J connectivity index is 2.89. The molecular weight excluding hydrogens is 256 g/mol. The lowest BCUT2D eigenvalue weighted by atomic mass is 10.2. The highest BCUT2D eigenvalue weighted by Crippen LogP contribution is 2.31. The second-order valence-electron chi connectivity index (χ2n) is 3.17. The van der Waals surface area contributed by atoms with Crippen molar-refractivity contribution >= 4 is 40.6 Å². The fourth-order valence-corrected chi connectivity index (χ4v) is 1.63. The third-order valence-electron chi connectivity index (χ3n) is 1.68. The SMILES string of the molecule is CC(=O)CC(=O)Nc1c(Cl)cc(F)cc1Cl. The van der Waals surface area contributed by atoms with Crippen molar-refractivity contribution in [1.29, 1.82) is 0 Å². The molecule has 0 radical (unpaired) electrons. The fourth-order valence-electron chi connectivity index (χ4n) is 1.07. The molecule has 1 aromatic rings. The minimum absolute atomic E-state index is 0.0121. The van der Waals surface area contributed by atoms with Crippen LogP contribution in [-0.4, -0.2) is 11.7 Å². The first-order chi connectivity index (χ1) is 7.40. The molecule has 16 heavy (non-hydrogen) atoms. The second-order valence-corrected chi connectivity index (χ2v) is 3.99. The van der Waals surface area contributed by atoms with Crippen molar-refractivity contribution in [3.63, 3.8) is 0 Å². The van der Waals surface area contributed by atoms with E-state index in [0.717, 1.165) is 12.1 Å². The highest BCUT2D eigenvalue weighted by molar-refractivity contribution is 6.39. The van der Waals surface area contributed by atoms with Crippen LogP contribution in [0.5, 0.6) is 0 Å². The maximum absolute atomic E-state index is 12.8. The zero-order valence-electron chi connectivity index (χ0n) is 8.31. The average molecular weight is 264 g/mol. The topological polar surface area (TPSA) is 46.2 Å². The van der Waals surface area contributed by atoms with E-state index in [1.54, 1.807) is 0 Å². The molecule has 1 rings (SSSR count). The van der Waals surface area contributed by atoms with Crippen molar-refractivity contribution in [2.75, 3.05) is 5.32 Å². The maximum Gasteiger partial charge on any atom is 0.231 e. The van der Waals surface area contributed by atoms with Crippen LogP contribution in [0, 0.1) is 5.82 Å². The predicted octanol–water partition coefficient (Wildman–Crippen LogP) is 3.05. The Morgan fingerprint density at radius 2 is 1.81 bits per heavy atom. The molecule has 3 nitrogen and oxygen atoms in total. The van der Waals surface area contributed by atoms with Crippen LogP contribution in [0.4, 0.5) is 10.1 Å². The summed E-state index contributed by atoms with van der Waals surface area (Å²) < 4.78 is 12.8. The minimum atomic E-state index is -0.598. The van der Waals surface area contributed by atoms with Crippen LogP contribution in [0.3, 0.4) is 0 Å². The number of nitrogens with one attached hydrogen (secondary N) is 1. The van der Waals surface area contributed by atoms with Crippen LogP contribution in [0.2, 0.25) is 10.0 Å². The number of rotatable bonds is 3. The first kappa shape index (κ1) is 12.9. The molecule has 0 saturated heterocycles. The molecule has 0 spiro atoms. The van der Waals surface area contributed by atoms with Crippen LogP contribution in [-0.2, 0) is 9.59 Å². The Bertz CT molecular complexity index is 425. The number of carbonyl (C=O) groups is 2. The summed E-state index contributed by atoms with van der Waals surface area (Å²) in [6.45, 7) is 1.29. The van der Waals surface area contributed by atoms with Gasteiger partial charge in [-0.2, -0.15) is 0 Å². The molecule has 0 aliphatic heterocycles.